The maximum atomic E-state index is 12.9. The molecule has 6 nitrogen and oxygen atoms in total. The quantitative estimate of drug-likeness (QED) is 0.541. The lowest BCUT2D eigenvalue weighted by Gasteiger charge is -2.33. The van der Waals surface area contributed by atoms with Crippen LogP contribution in [-0.4, -0.2) is 35.6 Å². The first-order valence-corrected chi connectivity index (χ1v) is 9.85. The highest BCUT2D eigenvalue weighted by Gasteiger charge is 2.33. The van der Waals surface area contributed by atoms with E-state index in [4.69, 9.17) is 4.42 Å². The average Bonchev–Trinajstić information content (AvgIpc) is 3.17. The number of hydrogen-bond acceptors (Lipinski definition) is 4. The molecule has 3 aromatic rings. The van der Waals surface area contributed by atoms with Crippen molar-refractivity contribution in [3.05, 3.63) is 71.0 Å². The van der Waals surface area contributed by atoms with E-state index < -0.39 is 11.5 Å². The summed E-state index contributed by atoms with van der Waals surface area (Å²) in [5.41, 5.74) is 1.62. The van der Waals surface area contributed by atoms with E-state index in [0.29, 0.717) is 29.6 Å². The van der Waals surface area contributed by atoms with E-state index in [1.54, 1.807) is 31.2 Å². The summed E-state index contributed by atoms with van der Waals surface area (Å²) in [4.78, 5) is 24.1. The molecule has 1 saturated heterocycles. The van der Waals surface area contributed by atoms with E-state index in [1.807, 2.05) is 24.3 Å². The Balaban J connectivity index is 0.00000272. The van der Waals surface area contributed by atoms with Gasteiger partial charge in [0.15, 0.2) is 5.76 Å². The molecule has 3 N–H and O–H groups in total. The van der Waals surface area contributed by atoms with E-state index >= 15 is 0 Å². The lowest BCUT2D eigenvalue weighted by Crippen LogP contribution is -2.53. The summed E-state index contributed by atoms with van der Waals surface area (Å²) in [6.07, 6.45) is 1.33. The Morgan fingerprint density at radius 3 is 2.55 bits per heavy atom. The number of piperidine rings is 1. The number of amides is 1. The lowest BCUT2D eigenvalue weighted by molar-refractivity contribution is 0.0695. The van der Waals surface area contributed by atoms with E-state index in [1.165, 1.54) is 0 Å². The van der Waals surface area contributed by atoms with Gasteiger partial charge in [0.1, 0.15) is 11.1 Å². The number of halogens is 1. The minimum atomic E-state index is -0.958. The van der Waals surface area contributed by atoms with Crippen LogP contribution in [0, 0.1) is 18.8 Å². The SMILES string of the molecule is Cc1cc(C#CC2(NC(=O)c3cc4ccccc4o3)CCNCC2)ccc1C(=O)O.Cl. The molecule has 1 amide bonds. The zero-order valence-corrected chi connectivity index (χ0v) is 17.8. The number of carboxylic acids is 1. The molecule has 1 aromatic heterocycles. The Bertz CT molecular complexity index is 1150. The number of carbonyl (C=O) groups excluding carboxylic acids is 1. The molecule has 7 heteroatoms. The summed E-state index contributed by atoms with van der Waals surface area (Å²) in [7, 11) is 0. The maximum absolute atomic E-state index is 12.9. The van der Waals surface area contributed by atoms with Crippen molar-refractivity contribution < 1.29 is 19.1 Å². The van der Waals surface area contributed by atoms with Gasteiger partial charge in [0.2, 0.25) is 0 Å². The molecule has 160 valence electrons. The van der Waals surface area contributed by atoms with Crippen molar-refractivity contribution in [3.8, 4) is 11.8 Å². The highest BCUT2D eigenvalue weighted by molar-refractivity contribution is 5.96. The predicted octanol–water partition coefficient (Wildman–Crippen LogP) is 3.76. The summed E-state index contributed by atoms with van der Waals surface area (Å²) >= 11 is 0. The molecular weight excluding hydrogens is 416 g/mol. The van der Waals surface area contributed by atoms with E-state index in [-0.39, 0.29) is 29.6 Å². The topological polar surface area (TPSA) is 91.6 Å². The third-order valence-electron chi connectivity index (χ3n) is 5.36. The number of carboxylic acid groups (broad SMARTS) is 1. The van der Waals surface area contributed by atoms with Crippen molar-refractivity contribution in [2.45, 2.75) is 25.3 Å². The molecule has 4 rings (SSSR count). The zero-order chi connectivity index (χ0) is 21.1. The van der Waals surface area contributed by atoms with Crippen molar-refractivity contribution in [3.63, 3.8) is 0 Å². The number of carbonyl (C=O) groups is 2. The fourth-order valence-electron chi connectivity index (χ4n) is 3.68. The molecule has 0 radical (unpaired) electrons. The Labute approximate surface area is 186 Å². The first-order valence-electron chi connectivity index (χ1n) is 9.85. The van der Waals surface area contributed by atoms with Crippen LogP contribution < -0.4 is 10.6 Å². The van der Waals surface area contributed by atoms with Crippen molar-refractivity contribution in [2.24, 2.45) is 0 Å². The number of aromatic carboxylic acids is 1. The maximum Gasteiger partial charge on any atom is 0.335 e. The van der Waals surface area contributed by atoms with Gasteiger partial charge in [0.05, 0.1) is 5.56 Å². The Morgan fingerprint density at radius 1 is 1.13 bits per heavy atom. The van der Waals surface area contributed by atoms with Gasteiger partial charge in [-0.3, -0.25) is 4.79 Å². The summed E-state index contributed by atoms with van der Waals surface area (Å²) < 4.78 is 5.70. The highest BCUT2D eigenvalue weighted by atomic mass is 35.5. The summed E-state index contributed by atoms with van der Waals surface area (Å²) in [6.45, 7) is 3.23. The van der Waals surface area contributed by atoms with Gasteiger partial charge in [0, 0.05) is 10.9 Å². The average molecular weight is 439 g/mol. The standard InChI is InChI=1S/C24H22N2O4.ClH/c1-16-14-17(6-7-19(16)23(28)29)8-9-24(10-12-25-13-11-24)26-22(27)21-15-18-4-2-3-5-20(18)30-21;/h2-7,14-15,25H,10-13H2,1H3,(H,26,27)(H,28,29);1H. The molecule has 31 heavy (non-hydrogen) atoms. The molecule has 2 aromatic carbocycles. The number of furan rings is 1. The van der Waals surface area contributed by atoms with Crippen LogP contribution in [0.2, 0.25) is 0 Å². The second-order valence-electron chi connectivity index (χ2n) is 7.52. The van der Waals surface area contributed by atoms with Crippen molar-refractivity contribution in [1.82, 2.24) is 10.6 Å². The number of para-hydroxylation sites is 1. The number of rotatable bonds is 3. The number of fused-ring (bicyclic) bond motifs is 1. The molecule has 0 spiro atoms. The third kappa shape index (κ3) is 4.91. The molecule has 0 unspecified atom stereocenters. The van der Waals surface area contributed by atoms with Gasteiger partial charge in [-0.1, -0.05) is 30.0 Å². The van der Waals surface area contributed by atoms with Crippen LogP contribution in [0.5, 0.6) is 0 Å². The van der Waals surface area contributed by atoms with Crippen LogP contribution in [0.1, 0.15) is 44.9 Å². The largest absolute Gasteiger partial charge is 0.478 e. The molecular formula is C24H23ClN2O4. The van der Waals surface area contributed by atoms with Crippen LogP contribution in [0.3, 0.4) is 0 Å². The third-order valence-corrected chi connectivity index (χ3v) is 5.36. The Hall–Kier alpha value is -3.27. The van der Waals surface area contributed by atoms with Crippen LogP contribution in [-0.2, 0) is 0 Å². The second-order valence-corrected chi connectivity index (χ2v) is 7.52. The van der Waals surface area contributed by atoms with Crippen LogP contribution in [0.25, 0.3) is 11.0 Å². The molecule has 2 heterocycles. The van der Waals surface area contributed by atoms with Gasteiger partial charge in [-0.15, -0.1) is 12.4 Å². The smallest absolute Gasteiger partial charge is 0.335 e. The highest BCUT2D eigenvalue weighted by Crippen LogP contribution is 2.22. The van der Waals surface area contributed by atoms with Gasteiger partial charge < -0.3 is 20.2 Å². The summed E-state index contributed by atoms with van der Waals surface area (Å²) in [6, 6.07) is 14.2. The molecule has 0 atom stereocenters. The summed E-state index contributed by atoms with van der Waals surface area (Å²) in [5.74, 6) is 5.39. The fraction of sp³-hybridized carbons (Fsp3) is 0.250. The first-order chi connectivity index (χ1) is 14.5. The second kappa shape index (κ2) is 9.25. The summed E-state index contributed by atoms with van der Waals surface area (Å²) in [5, 5.41) is 16.4. The van der Waals surface area contributed by atoms with E-state index in [0.717, 1.165) is 18.5 Å². The van der Waals surface area contributed by atoms with Crippen LogP contribution in [0.4, 0.5) is 0 Å². The molecule has 0 bridgehead atoms. The van der Waals surface area contributed by atoms with Crippen molar-refractivity contribution in [1.29, 1.82) is 0 Å². The number of nitrogens with one attached hydrogen (secondary N) is 2. The predicted molar refractivity (Wildman–Crippen MR) is 121 cm³/mol. The monoisotopic (exact) mass is 438 g/mol. The van der Waals surface area contributed by atoms with Gasteiger partial charge in [-0.25, -0.2) is 4.79 Å². The Morgan fingerprint density at radius 2 is 1.87 bits per heavy atom. The number of benzene rings is 2. The molecule has 1 aliphatic heterocycles. The fourth-order valence-corrected chi connectivity index (χ4v) is 3.68. The normalized spacial score (nSPS) is 14.7. The number of aryl methyl sites for hydroxylation is 1. The minimum absolute atomic E-state index is 0. The van der Waals surface area contributed by atoms with Gasteiger partial charge in [0.25, 0.3) is 5.91 Å². The van der Waals surface area contributed by atoms with E-state index in [2.05, 4.69) is 22.5 Å². The van der Waals surface area contributed by atoms with E-state index in [9.17, 15) is 14.7 Å². The van der Waals surface area contributed by atoms with Gasteiger partial charge in [-0.05, 0) is 68.8 Å². The van der Waals surface area contributed by atoms with Crippen molar-refractivity contribution >= 4 is 35.3 Å². The minimum Gasteiger partial charge on any atom is -0.478 e. The van der Waals surface area contributed by atoms with Crippen LogP contribution >= 0.6 is 12.4 Å². The molecule has 1 aliphatic rings. The molecule has 1 fully saturated rings. The van der Waals surface area contributed by atoms with Crippen LogP contribution in [0.15, 0.2) is 52.9 Å². The zero-order valence-electron chi connectivity index (χ0n) is 17.0. The van der Waals surface area contributed by atoms with Gasteiger partial charge in [-0.2, -0.15) is 0 Å². The molecule has 0 aliphatic carbocycles. The number of hydrogen-bond donors (Lipinski definition) is 3. The molecule has 0 saturated carbocycles. The first kappa shape index (κ1) is 22.4. The van der Waals surface area contributed by atoms with Crippen molar-refractivity contribution in [2.75, 3.05) is 13.1 Å². The van der Waals surface area contributed by atoms with Gasteiger partial charge >= 0.3 is 5.97 Å². The lowest BCUT2D eigenvalue weighted by atomic mass is 9.88. The Kier molecular flexibility index (Phi) is 6.69.